The van der Waals surface area contributed by atoms with Gasteiger partial charge in [-0.2, -0.15) is 4.31 Å². The summed E-state index contributed by atoms with van der Waals surface area (Å²) in [6.07, 6.45) is 0. The first-order valence-electron chi connectivity index (χ1n) is 11.7. The van der Waals surface area contributed by atoms with E-state index in [1.807, 2.05) is 0 Å². The highest BCUT2D eigenvalue weighted by Crippen LogP contribution is 2.32. The number of esters is 1. The minimum atomic E-state index is -3.71. The maximum atomic E-state index is 13.1. The molecule has 1 aliphatic carbocycles. The van der Waals surface area contributed by atoms with Crippen LogP contribution in [0.25, 0.3) is 0 Å². The lowest BCUT2D eigenvalue weighted by Crippen LogP contribution is -2.40. The number of hydrogen-bond acceptors (Lipinski definition) is 8. The van der Waals surface area contributed by atoms with Crippen LogP contribution < -0.4 is 5.32 Å². The number of carbonyl (C=O) groups is 4. The summed E-state index contributed by atoms with van der Waals surface area (Å²) in [5, 5.41) is 2.54. The molecule has 0 aromatic heterocycles. The number of morpholine rings is 1. The minimum Gasteiger partial charge on any atom is -0.452 e. The number of rotatable bonds is 6. The van der Waals surface area contributed by atoms with Crippen molar-refractivity contribution in [1.82, 2.24) is 4.31 Å². The number of hydrogen-bond donors (Lipinski definition) is 1. The lowest BCUT2D eigenvalue weighted by molar-refractivity contribution is -0.119. The van der Waals surface area contributed by atoms with Gasteiger partial charge in [-0.1, -0.05) is 36.4 Å². The maximum absolute atomic E-state index is 13.1. The number of sulfonamides is 1. The van der Waals surface area contributed by atoms with Crippen LogP contribution in [0.15, 0.2) is 71.6 Å². The Kier molecular flexibility index (Phi) is 6.89. The summed E-state index contributed by atoms with van der Waals surface area (Å²) in [6, 6.07) is 16.2. The van der Waals surface area contributed by atoms with Gasteiger partial charge in [-0.3, -0.25) is 14.4 Å². The van der Waals surface area contributed by atoms with Crippen molar-refractivity contribution in [3.63, 3.8) is 0 Å². The van der Waals surface area contributed by atoms with Gasteiger partial charge in [0.2, 0.25) is 10.0 Å². The van der Waals surface area contributed by atoms with Crippen LogP contribution in [0.1, 0.15) is 42.2 Å². The third-order valence-corrected chi connectivity index (χ3v) is 8.17. The molecule has 1 aliphatic heterocycles. The third kappa shape index (κ3) is 4.74. The number of ether oxygens (including phenoxy) is 2. The second-order valence-electron chi connectivity index (χ2n) is 8.60. The minimum absolute atomic E-state index is 0.0309. The molecule has 38 heavy (non-hydrogen) atoms. The quantitative estimate of drug-likeness (QED) is 0.372. The third-order valence-electron chi connectivity index (χ3n) is 6.26. The zero-order valence-corrected chi connectivity index (χ0v) is 20.8. The number of carbonyl (C=O) groups excluding carboxylic acids is 4. The van der Waals surface area contributed by atoms with Crippen molar-refractivity contribution in [2.45, 2.75) is 4.90 Å². The van der Waals surface area contributed by atoms with Gasteiger partial charge in [0.05, 0.1) is 34.9 Å². The molecule has 0 radical (unpaired) electrons. The van der Waals surface area contributed by atoms with E-state index in [1.54, 1.807) is 30.3 Å². The first-order valence-corrected chi connectivity index (χ1v) is 13.2. The van der Waals surface area contributed by atoms with Crippen LogP contribution in [-0.4, -0.2) is 69.1 Å². The second-order valence-corrected chi connectivity index (χ2v) is 10.5. The molecule has 3 aromatic carbocycles. The molecule has 0 atom stereocenters. The first-order chi connectivity index (χ1) is 18.3. The fourth-order valence-electron chi connectivity index (χ4n) is 4.35. The molecule has 194 valence electrons. The van der Waals surface area contributed by atoms with Gasteiger partial charge in [0.1, 0.15) is 0 Å². The molecule has 2 aliphatic rings. The zero-order chi connectivity index (χ0) is 26.9. The molecule has 1 saturated heterocycles. The van der Waals surface area contributed by atoms with Gasteiger partial charge < -0.3 is 14.8 Å². The largest absolute Gasteiger partial charge is 0.452 e. The van der Waals surface area contributed by atoms with Crippen molar-refractivity contribution >= 4 is 39.2 Å². The number of nitrogens with zero attached hydrogens (tertiary/aromatic N) is 1. The lowest BCUT2D eigenvalue weighted by Gasteiger charge is -2.26. The highest BCUT2D eigenvalue weighted by molar-refractivity contribution is 7.89. The van der Waals surface area contributed by atoms with Crippen LogP contribution >= 0.6 is 0 Å². The van der Waals surface area contributed by atoms with E-state index in [0.717, 1.165) is 0 Å². The fraction of sp³-hybridized carbons (Fsp3) is 0.185. The van der Waals surface area contributed by atoms with Gasteiger partial charge in [0.25, 0.3) is 5.91 Å². The van der Waals surface area contributed by atoms with Gasteiger partial charge in [0, 0.05) is 29.8 Å². The molecule has 1 fully saturated rings. The molecule has 1 heterocycles. The van der Waals surface area contributed by atoms with Crippen molar-refractivity contribution in [3.8, 4) is 0 Å². The van der Waals surface area contributed by atoms with Crippen molar-refractivity contribution < 1.29 is 37.1 Å². The van der Waals surface area contributed by atoms with Gasteiger partial charge in [-0.05, 0) is 30.3 Å². The smallest absolute Gasteiger partial charge is 0.338 e. The van der Waals surface area contributed by atoms with Crippen molar-refractivity contribution in [1.29, 1.82) is 0 Å². The summed E-state index contributed by atoms with van der Waals surface area (Å²) in [5.41, 5.74) is 0.995. The van der Waals surface area contributed by atoms with E-state index in [9.17, 15) is 27.6 Å². The summed E-state index contributed by atoms with van der Waals surface area (Å²) in [5.74, 6) is -2.25. The molecule has 1 amide bonds. The van der Waals surface area contributed by atoms with E-state index in [-0.39, 0.29) is 51.7 Å². The number of nitrogens with one attached hydrogen (secondary N) is 1. The Bertz CT molecular complexity index is 1560. The SMILES string of the molecule is O=C(COC(=O)c1ccc(S(=O)(=O)N2CCOCC2)cc1)Nc1cccc2c1C(=O)c1ccccc1C2=O. The molecule has 10 nitrogen and oxygen atoms in total. The van der Waals surface area contributed by atoms with Crippen LogP contribution in [0, 0.1) is 0 Å². The van der Waals surface area contributed by atoms with Gasteiger partial charge in [0.15, 0.2) is 18.2 Å². The summed E-state index contributed by atoms with van der Waals surface area (Å²) < 4.78 is 37.0. The molecule has 0 unspecified atom stereocenters. The van der Waals surface area contributed by atoms with Gasteiger partial charge >= 0.3 is 5.97 Å². The van der Waals surface area contributed by atoms with E-state index >= 15 is 0 Å². The maximum Gasteiger partial charge on any atom is 0.338 e. The molecule has 1 N–H and O–H groups in total. The van der Waals surface area contributed by atoms with E-state index < -0.39 is 34.3 Å². The monoisotopic (exact) mass is 534 g/mol. The van der Waals surface area contributed by atoms with Crippen LogP contribution in [0.3, 0.4) is 0 Å². The number of anilines is 1. The predicted octanol–water partition coefficient (Wildman–Crippen LogP) is 2.28. The molecular formula is C27H22N2O8S. The summed E-state index contributed by atoms with van der Waals surface area (Å²) in [4.78, 5) is 51.0. The normalized spacial score (nSPS) is 15.4. The lowest BCUT2D eigenvalue weighted by atomic mass is 9.83. The molecule has 11 heteroatoms. The Morgan fingerprint density at radius 2 is 1.47 bits per heavy atom. The Morgan fingerprint density at radius 3 is 2.16 bits per heavy atom. The standard InChI is InChI=1S/C27H22N2O8S/c30-23(28-22-7-3-6-21-24(22)26(32)20-5-2-1-4-19(20)25(21)31)16-37-27(33)17-8-10-18(11-9-17)38(34,35)29-12-14-36-15-13-29/h1-11H,12-16H2,(H,28,30). The number of fused-ring (bicyclic) bond motifs is 2. The Balaban J connectivity index is 1.24. The van der Waals surface area contributed by atoms with Crippen molar-refractivity contribution in [3.05, 3.63) is 94.5 Å². The first kappa shape index (κ1) is 25.5. The van der Waals surface area contributed by atoms with E-state index in [0.29, 0.717) is 18.8 Å². The number of benzene rings is 3. The Hall–Kier alpha value is -4.19. The molecule has 0 saturated carbocycles. The van der Waals surface area contributed by atoms with Crippen LogP contribution in [-0.2, 0) is 24.3 Å². The van der Waals surface area contributed by atoms with Crippen LogP contribution in [0.2, 0.25) is 0 Å². The van der Waals surface area contributed by atoms with Crippen LogP contribution in [0.5, 0.6) is 0 Å². The molecular weight excluding hydrogens is 512 g/mol. The average Bonchev–Trinajstić information content (AvgIpc) is 2.95. The topological polar surface area (TPSA) is 136 Å². The van der Waals surface area contributed by atoms with E-state index in [1.165, 1.54) is 40.7 Å². The predicted molar refractivity (Wildman–Crippen MR) is 135 cm³/mol. The Morgan fingerprint density at radius 1 is 0.842 bits per heavy atom. The number of ketones is 2. The van der Waals surface area contributed by atoms with E-state index in [4.69, 9.17) is 9.47 Å². The highest BCUT2D eigenvalue weighted by atomic mass is 32.2. The van der Waals surface area contributed by atoms with Crippen molar-refractivity contribution in [2.24, 2.45) is 0 Å². The van der Waals surface area contributed by atoms with Crippen LogP contribution in [0.4, 0.5) is 5.69 Å². The summed E-state index contributed by atoms with van der Waals surface area (Å²) >= 11 is 0. The average molecular weight is 535 g/mol. The molecule has 5 rings (SSSR count). The highest BCUT2D eigenvalue weighted by Gasteiger charge is 2.32. The van der Waals surface area contributed by atoms with Gasteiger partial charge in [-0.15, -0.1) is 0 Å². The summed E-state index contributed by atoms with van der Waals surface area (Å²) in [6.45, 7) is 0.468. The fourth-order valence-corrected chi connectivity index (χ4v) is 5.76. The zero-order valence-electron chi connectivity index (χ0n) is 20.0. The molecule has 3 aromatic rings. The van der Waals surface area contributed by atoms with Crippen molar-refractivity contribution in [2.75, 3.05) is 38.2 Å². The Labute approximate surface area is 218 Å². The molecule has 0 bridgehead atoms. The summed E-state index contributed by atoms with van der Waals surface area (Å²) in [7, 11) is -3.71. The van der Waals surface area contributed by atoms with Gasteiger partial charge in [-0.25, -0.2) is 13.2 Å². The number of amides is 1. The molecule has 0 spiro atoms. The van der Waals surface area contributed by atoms with E-state index in [2.05, 4.69) is 5.32 Å². The second kappa shape index (κ2) is 10.3.